The molecule has 0 bridgehead atoms. The summed E-state index contributed by atoms with van der Waals surface area (Å²) >= 11 is 0. The van der Waals surface area contributed by atoms with Crippen LogP contribution in [-0.2, 0) is 39.5 Å². The molecule has 1 amide bonds. The van der Waals surface area contributed by atoms with Gasteiger partial charge < -0.3 is 35.4 Å². The summed E-state index contributed by atoms with van der Waals surface area (Å²) in [5.41, 5.74) is 9.47. The number of methoxy groups -OCH3 is 3. The van der Waals surface area contributed by atoms with Crippen molar-refractivity contribution in [1.82, 2.24) is 39.8 Å². The molecule has 2 aromatic heterocycles. The van der Waals surface area contributed by atoms with Crippen LogP contribution in [0, 0.1) is 0 Å². The maximum absolute atomic E-state index is 15.8. The molecule has 0 aliphatic carbocycles. The number of hydrogen-bond acceptors (Lipinski definition) is 13. The van der Waals surface area contributed by atoms with Gasteiger partial charge in [0.15, 0.2) is 15.8 Å². The van der Waals surface area contributed by atoms with Crippen molar-refractivity contribution in [2.24, 2.45) is 0 Å². The molecule has 0 aliphatic rings. The van der Waals surface area contributed by atoms with E-state index in [1.807, 2.05) is 12.1 Å². The van der Waals surface area contributed by atoms with E-state index < -0.39 is 48.0 Å². The second kappa shape index (κ2) is 17.7. The minimum Gasteiger partial charge on any atom is -0.497 e. The smallest absolute Gasteiger partial charge is 0.404 e. The number of imidazole rings is 1. The first-order valence-electron chi connectivity index (χ1n) is 18.6. The summed E-state index contributed by atoms with van der Waals surface area (Å²) in [5.74, 6) is 0.924. The van der Waals surface area contributed by atoms with Crippen LogP contribution in [0.4, 0.5) is 10.7 Å². The maximum atomic E-state index is 15.8. The highest BCUT2D eigenvalue weighted by molar-refractivity contribution is 7.93. The number of rotatable bonds is 17. The third-order valence-electron chi connectivity index (χ3n) is 9.71. The summed E-state index contributed by atoms with van der Waals surface area (Å²) in [6.07, 6.45) is -1.45. The van der Waals surface area contributed by atoms with Gasteiger partial charge in [-0.1, -0.05) is 48.5 Å². The Bertz CT molecular complexity index is 2850. The molecule has 0 aliphatic heterocycles. The molecule has 20 heteroatoms. The molecule has 7 aromatic rings. The lowest BCUT2D eigenvalue weighted by molar-refractivity contribution is 0.195. The average molecular weight is 868 g/mol. The molecule has 5 aromatic carbocycles. The number of fused-ring (bicyclic) bond motifs is 1. The Labute approximate surface area is 350 Å². The number of nitrogens with zero attached hydrogens (tertiary/aromatic N) is 6. The molecule has 0 atom stereocenters. The van der Waals surface area contributed by atoms with E-state index in [0.717, 1.165) is 9.87 Å². The normalized spacial score (nSPS) is 11.8. The van der Waals surface area contributed by atoms with Crippen molar-refractivity contribution in [3.8, 4) is 39.8 Å². The van der Waals surface area contributed by atoms with Crippen LogP contribution in [-0.4, -0.2) is 96.1 Å². The zero-order chi connectivity index (χ0) is 43.3. The van der Waals surface area contributed by atoms with E-state index in [2.05, 4.69) is 30.7 Å². The number of H-pyrrole nitrogens is 1. The van der Waals surface area contributed by atoms with Gasteiger partial charge in [0.05, 0.1) is 55.1 Å². The summed E-state index contributed by atoms with van der Waals surface area (Å²) < 4.78 is 77.5. The number of carbonyl (C=O) groups is 1. The van der Waals surface area contributed by atoms with Crippen molar-refractivity contribution in [2.75, 3.05) is 39.4 Å². The van der Waals surface area contributed by atoms with Crippen LogP contribution >= 0.6 is 0 Å². The van der Waals surface area contributed by atoms with E-state index >= 15 is 8.42 Å². The van der Waals surface area contributed by atoms with Gasteiger partial charge in [-0.25, -0.2) is 26.6 Å². The average Bonchev–Trinajstić information content (AvgIpc) is 3.88. The standard InChI is InChI=1S/C41H41N9O9S2/c1-57-30-11-4-26(5-12-30)23-49(24-27-6-13-31(58-2)14-7-27)61(55,56)38-36(60(53,54)21-20-43-41(51)52)19-17-33(29-10-18-34-35(22-29)45-40(42)44-34)37(38)39-46-48-50(47-39)25-28-8-15-32(59-3)16-9-28/h4-19,22,43H,20-21,23-25H2,1-3H3,(H,51,52)(H3,42,44,45). The van der Waals surface area contributed by atoms with Gasteiger partial charge in [-0.05, 0) is 87.6 Å². The number of nitrogen functional groups attached to an aromatic ring is 1. The zero-order valence-corrected chi connectivity index (χ0v) is 34.8. The fourth-order valence-electron chi connectivity index (χ4n) is 6.65. The number of aromatic amines is 1. The molecule has 2 heterocycles. The van der Waals surface area contributed by atoms with Crippen molar-refractivity contribution >= 4 is 42.9 Å². The summed E-state index contributed by atoms with van der Waals surface area (Å²) in [5, 5.41) is 24.6. The van der Waals surface area contributed by atoms with Crippen molar-refractivity contribution in [3.05, 3.63) is 120 Å². The van der Waals surface area contributed by atoms with Crippen LogP contribution in [0.25, 0.3) is 33.5 Å². The molecule has 0 saturated carbocycles. The molecular weight excluding hydrogens is 827 g/mol. The maximum Gasteiger partial charge on any atom is 0.404 e. The van der Waals surface area contributed by atoms with Crippen LogP contribution in [0.2, 0.25) is 0 Å². The Morgan fingerprint density at radius 1 is 0.803 bits per heavy atom. The lowest BCUT2D eigenvalue weighted by atomic mass is 9.98. The van der Waals surface area contributed by atoms with Gasteiger partial charge >= 0.3 is 6.09 Å². The van der Waals surface area contributed by atoms with E-state index in [0.29, 0.717) is 45.0 Å². The topological polar surface area (TPSA) is 247 Å². The number of nitrogens with one attached hydrogen (secondary N) is 2. The van der Waals surface area contributed by atoms with Gasteiger partial charge in [-0.3, -0.25) is 0 Å². The third kappa shape index (κ3) is 9.40. The van der Waals surface area contributed by atoms with Crippen LogP contribution in [0.1, 0.15) is 16.7 Å². The number of nitrogens with two attached hydrogens (primary N) is 1. The Morgan fingerprint density at radius 2 is 1.38 bits per heavy atom. The van der Waals surface area contributed by atoms with E-state index in [1.165, 1.54) is 31.1 Å². The summed E-state index contributed by atoms with van der Waals surface area (Å²) in [6, 6.07) is 28.5. The van der Waals surface area contributed by atoms with E-state index in [9.17, 15) is 18.3 Å². The molecule has 18 nitrogen and oxygen atoms in total. The van der Waals surface area contributed by atoms with E-state index in [4.69, 9.17) is 19.9 Å². The summed E-state index contributed by atoms with van der Waals surface area (Å²) in [6.45, 7) is -0.824. The number of aromatic nitrogens is 6. The van der Waals surface area contributed by atoms with Gasteiger partial charge in [-0.2, -0.15) is 9.10 Å². The van der Waals surface area contributed by atoms with Crippen LogP contribution < -0.4 is 25.3 Å². The Hall–Kier alpha value is -7.03. The minimum absolute atomic E-state index is 0.119. The van der Waals surface area contributed by atoms with Gasteiger partial charge in [0.25, 0.3) is 0 Å². The number of sulfonamides is 1. The van der Waals surface area contributed by atoms with Gasteiger partial charge in [0, 0.05) is 19.6 Å². The molecule has 316 valence electrons. The fourth-order valence-corrected chi connectivity index (χ4v) is 10.3. The predicted molar refractivity (Wildman–Crippen MR) is 225 cm³/mol. The SMILES string of the molecule is COc1ccc(CN(Cc2ccc(OC)cc2)S(=O)(=O)c2c(S(=O)(=O)CCNC(=O)O)ccc(-c3ccc4nc(N)[nH]c4c3)c2-c2nnn(Cc3ccc(OC)cc3)n2)cc1. The van der Waals surface area contributed by atoms with E-state index in [-0.39, 0.29) is 42.5 Å². The first kappa shape index (κ1) is 42.1. The molecule has 0 saturated heterocycles. The van der Waals surface area contributed by atoms with E-state index in [1.54, 1.807) is 86.0 Å². The number of amides is 1. The highest BCUT2D eigenvalue weighted by Crippen LogP contribution is 2.42. The summed E-state index contributed by atoms with van der Waals surface area (Å²) in [4.78, 5) is 18.7. The highest BCUT2D eigenvalue weighted by Gasteiger charge is 2.38. The number of carboxylic acid groups (broad SMARTS) is 1. The second-order valence-electron chi connectivity index (χ2n) is 13.7. The molecular formula is C41H41N9O9S2. The molecule has 61 heavy (non-hydrogen) atoms. The first-order valence-corrected chi connectivity index (χ1v) is 21.7. The number of benzene rings is 5. The largest absolute Gasteiger partial charge is 0.497 e. The van der Waals surface area contributed by atoms with Gasteiger partial charge in [-0.15, -0.1) is 10.2 Å². The number of ether oxygens (including phenoxy) is 3. The molecule has 0 fully saturated rings. The van der Waals surface area contributed by atoms with Crippen LogP contribution in [0.5, 0.6) is 17.2 Å². The predicted octanol–water partition coefficient (Wildman–Crippen LogP) is 4.97. The Balaban J connectivity index is 1.48. The quantitative estimate of drug-likeness (QED) is 0.0944. The van der Waals surface area contributed by atoms with Gasteiger partial charge in [0.1, 0.15) is 22.1 Å². The Morgan fingerprint density at radius 3 is 1.93 bits per heavy atom. The lowest BCUT2D eigenvalue weighted by Gasteiger charge is -2.26. The minimum atomic E-state index is -4.91. The molecule has 0 spiro atoms. The number of anilines is 1. The van der Waals surface area contributed by atoms with Crippen molar-refractivity contribution in [3.63, 3.8) is 0 Å². The first-order chi connectivity index (χ1) is 29.3. The van der Waals surface area contributed by atoms with Crippen molar-refractivity contribution in [2.45, 2.75) is 29.4 Å². The highest BCUT2D eigenvalue weighted by atomic mass is 32.2. The monoisotopic (exact) mass is 867 g/mol. The lowest BCUT2D eigenvalue weighted by Crippen LogP contribution is -2.33. The fraction of sp³-hybridized carbons (Fsp3) is 0.195. The second-order valence-corrected chi connectivity index (χ2v) is 17.6. The van der Waals surface area contributed by atoms with Crippen molar-refractivity contribution in [1.29, 1.82) is 0 Å². The number of sulfone groups is 1. The van der Waals surface area contributed by atoms with Crippen molar-refractivity contribution < 1.29 is 40.9 Å². The molecule has 7 rings (SSSR count). The summed E-state index contributed by atoms with van der Waals surface area (Å²) in [7, 11) is -4.90. The molecule has 5 N–H and O–H groups in total. The molecule has 0 radical (unpaired) electrons. The number of tetrazole rings is 1. The van der Waals surface area contributed by atoms with Crippen LogP contribution in [0.15, 0.2) is 113 Å². The zero-order valence-electron chi connectivity index (χ0n) is 33.1. The van der Waals surface area contributed by atoms with Crippen LogP contribution in [0.3, 0.4) is 0 Å². The third-order valence-corrected chi connectivity index (χ3v) is 13.5. The molecule has 0 unspecified atom stereocenters. The number of hydrogen-bond donors (Lipinski definition) is 4. The van der Waals surface area contributed by atoms with Gasteiger partial charge in [0.2, 0.25) is 15.8 Å². The Kier molecular flexibility index (Phi) is 12.2.